The lowest BCUT2D eigenvalue weighted by Gasteiger charge is -2.40. The molecule has 1 aromatic carbocycles. The number of fused-ring (bicyclic) bond motifs is 1. The largest absolute Gasteiger partial charge is 0.454 e. The maximum atomic E-state index is 13.0. The summed E-state index contributed by atoms with van der Waals surface area (Å²) in [6, 6.07) is 6.13. The molecule has 1 aromatic heterocycles. The van der Waals surface area contributed by atoms with E-state index in [9.17, 15) is 4.79 Å². The summed E-state index contributed by atoms with van der Waals surface area (Å²) in [4.78, 5) is 23.6. The number of benzene rings is 1. The second-order valence-corrected chi connectivity index (χ2v) is 8.49. The van der Waals surface area contributed by atoms with E-state index in [0.29, 0.717) is 5.56 Å². The first kappa shape index (κ1) is 18.7. The Kier molecular flexibility index (Phi) is 4.96. The summed E-state index contributed by atoms with van der Waals surface area (Å²) in [6.07, 6.45) is 6.31. The van der Waals surface area contributed by atoms with Crippen molar-refractivity contribution >= 4 is 5.91 Å². The van der Waals surface area contributed by atoms with Crippen LogP contribution in [0.3, 0.4) is 0 Å². The lowest BCUT2D eigenvalue weighted by atomic mass is 9.76. The third-order valence-corrected chi connectivity index (χ3v) is 5.57. The van der Waals surface area contributed by atoms with E-state index in [2.05, 4.69) is 29.0 Å². The molecule has 0 saturated carbocycles. The highest BCUT2D eigenvalue weighted by Gasteiger charge is 2.34. The molecule has 0 N–H and O–H groups in total. The van der Waals surface area contributed by atoms with Crippen molar-refractivity contribution in [2.24, 2.45) is 5.41 Å². The summed E-state index contributed by atoms with van der Waals surface area (Å²) in [5.74, 6) is 2.66. The van der Waals surface area contributed by atoms with E-state index in [1.54, 1.807) is 12.4 Å². The van der Waals surface area contributed by atoms with Gasteiger partial charge in [0, 0.05) is 31.4 Å². The van der Waals surface area contributed by atoms with Crippen LogP contribution in [0.4, 0.5) is 0 Å². The molecule has 4 rings (SSSR count). The summed E-state index contributed by atoms with van der Waals surface area (Å²) in [5.41, 5.74) is 1.81. The molecule has 0 radical (unpaired) electrons. The minimum atomic E-state index is 0.0203. The highest BCUT2D eigenvalue weighted by atomic mass is 16.7. The molecule has 0 bridgehead atoms. The van der Waals surface area contributed by atoms with Gasteiger partial charge in [0.1, 0.15) is 5.82 Å². The van der Waals surface area contributed by atoms with Crippen LogP contribution < -0.4 is 9.47 Å². The van der Waals surface area contributed by atoms with Crippen LogP contribution in [-0.2, 0) is 6.42 Å². The molecule has 6 nitrogen and oxygen atoms in total. The standard InChI is InChI=1S/C22H27N3O3/c1-15(2)20-23-11-17(12-24-20)21(26)25-8-4-7-22(3,13-25)10-16-5-6-18-19(9-16)28-14-27-18/h5-6,9,11-12,15H,4,7-8,10,13-14H2,1-3H3/t22-/m0/s1. The van der Waals surface area contributed by atoms with Gasteiger partial charge in [-0.3, -0.25) is 4.79 Å². The normalized spacial score (nSPS) is 21.2. The number of aromatic nitrogens is 2. The molecule has 1 fully saturated rings. The summed E-state index contributed by atoms with van der Waals surface area (Å²) < 4.78 is 10.9. The number of ether oxygens (including phenoxy) is 2. The minimum Gasteiger partial charge on any atom is -0.454 e. The average Bonchev–Trinajstić information content (AvgIpc) is 3.15. The summed E-state index contributed by atoms with van der Waals surface area (Å²) in [6.45, 7) is 8.14. The number of carbonyl (C=O) groups is 1. The quantitative estimate of drug-likeness (QED) is 0.806. The van der Waals surface area contributed by atoms with E-state index in [4.69, 9.17) is 9.47 Å². The average molecular weight is 381 g/mol. The molecule has 0 aliphatic carbocycles. The van der Waals surface area contributed by atoms with Crippen molar-refractivity contribution in [1.29, 1.82) is 0 Å². The highest BCUT2D eigenvalue weighted by Crippen LogP contribution is 2.37. The summed E-state index contributed by atoms with van der Waals surface area (Å²) in [5, 5.41) is 0. The van der Waals surface area contributed by atoms with E-state index in [-0.39, 0.29) is 24.0 Å². The number of nitrogens with zero attached hydrogens (tertiary/aromatic N) is 3. The molecular formula is C22H27N3O3. The highest BCUT2D eigenvalue weighted by molar-refractivity contribution is 5.93. The van der Waals surface area contributed by atoms with Crippen LogP contribution in [0.2, 0.25) is 0 Å². The van der Waals surface area contributed by atoms with E-state index < -0.39 is 0 Å². The number of hydrogen-bond donors (Lipinski definition) is 0. The first-order valence-electron chi connectivity index (χ1n) is 9.93. The molecular weight excluding hydrogens is 354 g/mol. The molecule has 1 saturated heterocycles. The smallest absolute Gasteiger partial charge is 0.257 e. The zero-order chi connectivity index (χ0) is 19.7. The van der Waals surface area contributed by atoms with Crippen LogP contribution in [0.1, 0.15) is 61.3 Å². The second-order valence-electron chi connectivity index (χ2n) is 8.49. The molecule has 2 aliphatic rings. The van der Waals surface area contributed by atoms with Crippen molar-refractivity contribution in [1.82, 2.24) is 14.9 Å². The van der Waals surface area contributed by atoms with Gasteiger partial charge < -0.3 is 14.4 Å². The number of rotatable bonds is 4. The Morgan fingerprint density at radius 2 is 1.96 bits per heavy atom. The number of carbonyl (C=O) groups excluding carboxylic acids is 1. The Morgan fingerprint density at radius 1 is 1.21 bits per heavy atom. The van der Waals surface area contributed by atoms with Crippen molar-refractivity contribution in [3.8, 4) is 11.5 Å². The van der Waals surface area contributed by atoms with E-state index in [1.807, 2.05) is 24.8 Å². The van der Waals surface area contributed by atoms with Crippen molar-refractivity contribution in [3.05, 3.63) is 47.5 Å². The molecule has 3 heterocycles. The number of likely N-dealkylation sites (tertiary alicyclic amines) is 1. The predicted octanol–water partition coefficient (Wildman–Crippen LogP) is 3.81. The van der Waals surface area contributed by atoms with Gasteiger partial charge in [0.15, 0.2) is 11.5 Å². The zero-order valence-corrected chi connectivity index (χ0v) is 16.8. The van der Waals surface area contributed by atoms with Gasteiger partial charge in [-0.25, -0.2) is 9.97 Å². The number of piperidine rings is 1. The molecule has 2 aromatic rings. The Labute approximate surface area is 165 Å². The monoisotopic (exact) mass is 381 g/mol. The first-order valence-corrected chi connectivity index (χ1v) is 9.93. The topological polar surface area (TPSA) is 64.6 Å². The van der Waals surface area contributed by atoms with Crippen LogP contribution in [0.5, 0.6) is 11.5 Å². The van der Waals surface area contributed by atoms with Gasteiger partial charge in [-0.05, 0) is 42.4 Å². The fourth-order valence-corrected chi connectivity index (χ4v) is 4.11. The minimum absolute atomic E-state index is 0.0203. The fourth-order valence-electron chi connectivity index (χ4n) is 4.11. The van der Waals surface area contributed by atoms with Crippen molar-refractivity contribution in [3.63, 3.8) is 0 Å². The van der Waals surface area contributed by atoms with Crippen LogP contribution in [-0.4, -0.2) is 40.7 Å². The number of hydrogen-bond acceptors (Lipinski definition) is 5. The Balaban J connectivity index is 1.46. The third-order valence-electron chi connectivity index (χ3n) is 5.57. The predicted molar refractivity (Wildman–Crippen MR) is 106 cm³/mol. The Hall–Kier alpha value is -2.63. The molecule has 6 heteroatoms. The molecule has 148 valence electrons. The Bertz CT molecular complexity index is 866. The molecule has 28 heavy (non-hydrogen) atoms. The first-order chi connectivity index (χ1) is 13.4. The van der Waals surface area contributed by atoms with Gasteiger partial charge in [0.25, 0.3) is 5.91 Å². The third kappa shape index (κ3) is 3.81. The van der Waals surface area contributed by atoms with Crippen LogP contribution in [0.15, 0.2) is 30.6 Å². The van der Waals surface area contributed by atoms with Gasteiger partial charge in [0.05, 0.1) is 5.56 Å². The van der Waals surface area contributed by atoms with Gasteiger partial charge in [0.2, 0.25) is 6.79 Å². The van der Waals surface area contributed by atoms with Crippen LogP contribution in [0, 0.1) is 5.41 Å². The van der Waals surface area contributed by atoms with Gasteiger partial charge >= 0.3 is 0 Å². The van der Waals surface area contributed by atoms with Crippen molar-refractivity contribution in [2.75, 3.05) is 19.9 Å². The van der Waals surface area contributed by atoms with E-state index >= 15 is 0 Å². The fraction of sp³-hybridized carbons (Fsp3) is 0.500. The zero-order valence-electron chi connectivity index (χ0n) is 16.8. The number of amides is 1. The lowest BCUT2D eigenvalue weighted by Crippen LogP contribution is -2.45. The molecule has 1 amide bonds. The van der Waals surface area contributed by atoms with Gasteiger partial charge in [-0.2, -0.15) is 0 Å². The molecule has 1 atom stereocenters. The summed E-state index contributed by atoms with van der Waals surface area (Å²) in [7, 11) is 0. The molecule has 0 unspecified atom stereocenters. The molecule has 2 aliphatic heterocycles. The SMILES string of the molecule is CC(C)c1ncc(C(=O)N2CCC[C@@](C)(Cc3ccc4c(c3)OCO4)C2)cn1. The van der Waals surface area contributed by atoms with Gasteiger partial charge in [-0.15, -0.1) is 0 Å². The second kappa shape index (κ2) is 7.41. The maximum Gasteiger partial charge on any atom is 0.257 e. The van der Waals surface area contributed by atoms with Gasteiger partial charge in [-0.1, -0.05) is 26.8 Å². The lowest BCUT2D eigenvalue weighted by molar-refractivity contribution is 0.0549. The van der Waals surface area contributed by atoms with Crippen LogP contribution >= 0.6 is 0 Å². The maximum absolute atomic E-state index is 13.0. The van der Waals surface area contributed by atoms with Crippen molar-refractivity contribution in [2.45, 2.75) is 46.0 Å². The van der Waals surface area contributed by atoms with E-state index in [0.717, 1.165) is 49.7 Å². The summed E-state index contributed by atoms with van der Waals surface area (Å²) >= 11 is 0. The Morgan fingerprint density at radius 3 is 2.71 bits per heavy atom. The van der Waals surface area contributed by atoms with Crippen molar-refractivity contribution < 1.29 is 14.3 Å². The molecule has 0 spiro atoms. The van der Waals surface area contributed by atoms with Crippen LogP contribution in [0.25, 0.3) is 0 Å². The van der Waals surface area contributed by atoms with E-state index in [1.165, 1.54) is 5.56 Å².